The van der Waals surface area contributed by atoms with E-state index in [9.17, 15) is 9.59 Å². The van der Waals surface area contributed by atoms with Crippen LogP contribution in [0.1, 0.15) is 48.2 Å². The fourth-order valence-corrected chi connectivity index (χ4v) is 3.68. The lowest BCUT2D eigenvalue weighted by Crippen LogP contribution is -2.40. The Labute approximate surface area is 172 Å². The normalized spacial score (nSPS) is 16.7. The van der Waals surface area contributed by atoms with Crippen LogP contribution in [0.25, 0.3) is 0 Å². The van der Waals surface area contributed by atoms with Crippen LogP contribution in [-0.4, -0.2) is 47.8 Å². The predicted molar refractivity (Wildman–Crippen MR) is 112 cm³/mol. The molecule has 0 radical (unpaired) electrons. The van der Waals surface area contributed by atoms with E-state index in [4.69, 9.17) is 4.74 Å². The molecule has 1 N–H and O–H groups in total. The van der Waals surface area contributed by atoms with Crippen LogP contribution >= 0.6 is 0 Å². The highest BCUT2D eigenvalue weighted by atomic mass is 16.5. The van der Waals surface area contributed by atoms with Gasteiger partial charge < -0.3 is 15.0 Å². The fraction of sp³-hybridized carbons (Fsp3) is 0.435. The van der Waals surface area contributed by atoms with E-state index in [-0.39, 0.29) is 30.6 Å². The summed E-state index contributed by atoms with van der Waals surface area (Å²) >= 11 is 0. The molecule has 1 amide bonds. The number of hydrogen-bond acceptors (Lipinski definition) is 5. The van der Waals surface area contributed by atoms with E-state index in [1.165, 1.54) is 0 Å². The number of hydrogen-bond donors (Lipinski definition) is 1. The quantitative estimate of drug-likeness (QED) is 0.695. The molecule has 6 nitrogen and oxygen atoms in total. The summed E-state index contributed by atoms with van der Waals surface area (Å²) in [4.78, 5) is 31.9. The number of aromatic nitrogens is 1. The van der Waals surface area contributed by atoms with E-state index >= 15 is 0 Å². The van der Waals surface area contributed by atoms with Gasteiger partial charge in [-0.25, -0.2) is 0 Å². The molecule has 1 atom stereocenters. The first kappa shape index (κ1) is 21.0. The van der Waals surface area contributed by atoms with Gasteiger partial charge >= 0.3 is 0 Å². The van der Waals surface area contributed by atoms with Gasteiger partial charge in [-0.2, -0.15) is 0 Å². The van der Waals surface area contributed by atoms with Crippen LogP contribution in [-0.2, 0) is 11.3 Å². The Balaban J connectivity index is 1.65. The molecule has 29 heavy (non-hydrogen) atoms. The van der Waals surface area contributed by atoms with Crippen LogP contribution in [0.15, 0.2) is 48.7 Å². The molecule has 1 aromatic carbocycles. The number of Topliss-reactive ketones (excluding diaryl/α,β-unsaturated/α-hetero) is 1. The molecule has 1 aliphatic heterocycles. The monoisotopic (exact) mass is 395 g/mol. The van der Waals surface area contributed by atoms with Crippen molar-refractivity contribution in [1.82, 2.24) is 15.2 Å². The predicted octanol–water partition coefficient (Wildman–Crippen LogP) is 3.22. The zero-order valence-electron chi connectivity index (χ0n) is 17.0. The second-order valence-electron chi connectivity index (χ2n) is 7.33. The Morgan fingerprint density at radius 3 is 2.66 bits per heavy atom. The zero-order valence-corrected chi connectivity index (χ0v) is 17.0. The van der Waals surface area contributed by atoms with Crippen LogP contribution in [0.2, 0.25) is 0 Å². The summed E-state index contributed by atoms with van der Waals surface area (Å²) in [6.45, 7) is 2.38. The lowest BCUT2D eigenvalue weighted by molar-refractivity contribution is -0.134. The summed E-state index contributed by atoms with van der Waals surface area (Å²) in [5, 5.41) is 3.40. The number of nitrogens with one attached hydrogen (secondary N) is 1. The highest BCUT2D eigenvalue weighted by Gasteiger charge is 2.25. The maximum Gasteiger partial charge on any atom is 0.223 e. The average Bonchev–Trinajstić information content (AvgIpc) is 3.06. The van der Waals surface area contributed by atoms with Crippen molar-refractivity contribution in [3.05, 3.63) is 59.9 Å². The smallest absolute Gasteiger partial charge is 0.223 e. The summed E-state index contributed by atoms with van der Waals surface area (Å²) < 4.78 is 5.13. The summed E-state index contributed by atoms with van der Waals surface area (Å²) in [7, 11) is 1.59. The van der Waals surface area contributed by atoms with Crippen LogP contribution in [0.3, 0.4) is 0 Å². The van der Waals surface area contributed by atoms with Crippen LogP contribution in [0, 0.1) is 0 Å². The van der Waals surface area contributed by atoms with Crippen molar-refractivity contribution in [3.8, 4) is 5.75 Å². The molecule has 1 fully saturated rings. The largest absolute Gasteiger partial charge is 0.497 e. The van der Waals surface area contributed by atoms with Gasteiger partial charge in [0.25, 0.3) is 0 Å². The SMILES string of the molecule is COc1ccc(C(=O)CCC(=O)N(Cc2ccccn2)C2CCCNCC2)cc1. The second-order valence-corrected chi connectivity index (χ2v) is 7.33. The zero-order chi connectivity index (χ0) is 20.5. The molecule has 2 heterocycles. The number of benzene rings is 1. The van der Waals surface area contributed by atoms with Gasteiger partial charge in [0, 0.05) is 30.6 Å². The van der Waals surface area contributed by atoms with E-state index in [1.807, 2.05) is 23.1 Å². The highest BCUT2D eigenvalue weighted by Crippen LogP contribution is 2.19. The lowest BCUT2D eigenvalue weighted by atomic mass is 10.0. The van der Waals surface area contributed by atoms with Crippen molar-refractivity contribution < 1.29 is 14.3 Å². The number of carbonyl (C=O) groups is 2. The molecule has 0 spiro atoms. The van der Waals surface area contributed by atoms with Crippen molar-refractivity contribution in [2.45, 2.75) is 44.7 Å². The first-order chi connectivity index (χ1) is 14.2. The van der Waals surface area contributed by atoms with Gasteiger partial charge in [0.1, 0.15) is 5.75 Å². The number of carbonyl (C=O) groups excluding carboxylic acids is 2. The first-order valence-corrected chi connectivity index (χ1v) is 10.2. The molecule has 1 aliphatic rings. The molecule has 2 aromatic rings. The maximum absolute atomic E-state index is 13.1. The Bertz CT molecular complexity index is 785. The van der Waals surface area contributed by atoms with Crippen molar-refractivity contribution >= 4 is 11.7 Å². The second kappa shape index (κ2) is 10.7. The number of pyridine rings is 1. The van der Waals surface area contributed by atoms with E-state index in [2.05, 4.69) is 10.3 Å². The molecule has 0 bridgehead atoms. The third kappa shape index (κ3) is 6.12. The molecule has 154 valence electrons. The van der Waals surface area contributed by atoms with Crippen LogP contribution in [0.5, 0.6) is 5.75 Å². The fourth-order valence-electron chi connectivity index (χ4n) is 3.68. The molecule has 0 aliphatic carbocycles. The molecule has 1 saturated heterocycles. The molecule has 0 saturated carbocycles. The molecule has 1 aromatic heterocycles. The molecular weight excluding hydrogens is 366 g/mol. The van der Waals surface area contributed by atoms with E-state index in [0.717, 1.165) is 38.0 Å². The summed E-state index contributed by atoms with van der Waals surface area (Å²) in [5.41, 5.74) is 1.48. The minimum absolute atomic E-state index is 0.0180. The highest BCUT2D eigenvalue weighted by molar-refractivity contribution is 5.98. The average molecular weight is 396 g/mol. The number of ether oxygens (including phenoxy) is 1. The standard InChI is InChI=1S/C23H29N3O3/c1-29-21-9-7-18(8-10-21)22(27)11-12-23(28)26(17-19-5-2-3-15-25-19)20-6-4-14-24-16-13-20/h2-3,5,7-10,15,20,24H,4,6,11-14,16-17H2,1H3. The Morgan fingerprint density at radius 1 is 1.10 bits per heavy atom. The first-order valence-electron chi connectivity index (χ1n) is 10.2. The van der Waals surface area contributed by atoms with Crippen molar-refractivity contribution in [2.75, 3.05) is 20.2 Å². The molecule has 3 rings (SSSR count). The summed E-state index contributed by atoms with van der Waals surface area (Å²) in [6.07, 6.45) is 5.10. The number of amides is 1. The number of rotatable bonds is 8. The number of methoxy groups -OCH3 is 1. The summed E-state index contributed by atoms with van der Waals surface area (Å²) in [6, 6.07) is 12.9. The molecular formula is C23H29N3O3. The van der Waals surface area contributed by atoms with Gasteiger partial charge in [-0.05, 0) is 68.8 Å². The third-order valence-electron chi connectivity index (χ3n) is 5.34. The van der Waals surface area contributed by atoms with Crippen LogP contribution < -0.4 is 10.1 Å². The van der Waals surface area contributed by atoms with Crippen molar-refractivity contribution in [1.29, 1.82) is 0 Å². The topological polar surface area (TPSA) is 71.5 Å². The van der Waals surface area contributed by atoms with Gasteiger partial charge in [0.15, 0.2) is 5.78 Å². The van der Waals surface area contributed by atoms with Gasteiger partial charge in [-0.1, -0.05) is 6.07 Å². The minimum atomic E-state index is -0.0266. The Morgan fingerprint density at radius 2 is 1.93 bits per heavy atom. The number of nitrogens with zero attached hydrogens (tertiary/aromatic N) is 2. The number of ketones is 1. The Kier molecular flexibility index (Phi) is 7.76. The third-order valence-corrected chi connectivity index (χ3v) is 5.34. The van der Waals surface area contributed by atoms with E-state index in [0.29, 0.717) is 17.9 Å². The summed E-state index contributed by atoms with van der Waals surface area (Å²) in [5.74, 6) is 0.701. The molecule has 1 unspecified atom stereocenters. The van der Waals surface area contributed by atoms with E-state index in [1.54, 1.807) is 37.6 Å². The van der Waals surface area contributed by atoms with Gasteiger partial charge in [0.05, 0.1) is 19.3 Å². The van der Waals surface area contributed by atoms with Gasteiger partial charge in [0.2, 0.25) is 5.91 Å². The van der Waals surface area contributed by atoms with E-state index < -0.39 is 0 Å². The Hall–Kier alpha value is -2.73. The minimum Gasteiger partial charge on any atom is -0.497 e. The van der Waals surface area contributed by atoms with Crippen LogP contribution in [0.4, 0.5) is 0 Å². The lowest BCUT2D eigenvalue weighted by Gasteiger charge is -2.31. The van der Waals surface area contributed by atoms with Gasteiger partial charge in [-0.3, -0.25) is 14.6 Å². The molecule has 6 heteroatoms. The van der Waals surface area contributed by atoms with Crippen molar-refractivity contribution in [2.24, 2.45) is 0 Å². The maximum atomic E-state index is 13.1. The van der Waals surface area contributed by atoms with Gasteiger partial charge in [-0.15, -0.1) is 0 Å². The van der Waals surface area contributed by atoms with Crippen molar-refractivity contribution in [3.63, 3.8) is 0 Å².